The zero-order valence-electron chi connectivity index (χ0n) is 7.28. The minimum atomic E-state index is 0.175. The van der Waals surface area contributed by atoms with Crippen LogP contribution < -0.4 is 5.32 Å². The van der Waals surface area contributed by atoms with Crippen LogP contribution in [-0.4, -0.2) is 24.3 Å². The molecule has 0 heterocycles. The van der Waals surface area contributed by atoms with Gasteiger partial charge in [-0.1, -0.05) is 13.8 Å². The lowest BCUT2D eigenvalue weighted by Gasteiger charge is -2.30. The van der Waals surface area contributed by atoms with Gasteiger partial charge in [0.25, 0.3) is 0 Å². The van der Waals surface area contributed by atoms with Crippen molar-refractivity contribution in [2.24, 2.45) is 0 Å². The van der Waals surface area contributed by atoms with Crippen LogP contribution in [0, 0.1) is 0 Å². The molecular formula is C8H19NO. The highest BCUT2D eigenvalue weighted by Crippen LogP contribution is 2.17. The van der Waals surface area contributed by atoms with E-state index in [4.69, 9.17) is 5.11 Å². The van der Waals surface area contributed by atoms with Gasteiger partial charge >= 0.3 is 0 Å². The molecule has 62 valence electrons. The van der Waals surface area contributed by atoms with Crippen LogP contribution >= 0.6 is 0 Å². The summed E-state index contributed by atoms with van der Waals surface area (Å²) in [6, 6.07) is 0. The molecule has 0 rings (SSSR count). The van der Waals surface area contributed by atoms with Crippen LogP contribution in [0.15, 0.2) is 0 Å². The first kappa shape index (κ1) is 9.92. The Kier molecular flexibility index (Phi) is 4.65. The fourth-order valence-corrected chi connectivity index (χ4v) is 1.30. The number of rotatable bonds is 5. The van der Waals surface area contributed by atoms with E-state index in [9.17, 15) is 0 Å². The fourth-order valence-electron chi connectivity index (χ4n) is 1.30. The van der Waals surface area contributed by atoms with Crippen molar-refractivity contribution in [1.82, 2.24) is 5.32 Å². The second-order valence-corrected chi connectivity index (χ2v) is 2.71. The van der Waals surface area contributed by atoms with Crippen molar-refractivity contribution in [1.29, 1.82) is 0 Å². The van der Waals surface area contributed by atoms with E-state index in [0.29, 0.717) is 0 Å². The molecular weight excluding hydrogens is 126 g/mol. The Morgan fingerprint density at radius 1 is 1.30 bits per heavy atom. The topological polar surface area (TPSA) is 32.3 Å². The number of nitrogens with one attached hydrogen (secondary N) is 1. The minimum Gasteiger partial charge on any atom is -0.396 e. The Morgan fingerprint density at radius 2 is 1.80 bits per heavy atom. The second-order valence-electron chi connectivity index (χ2n) is 2.71. The summed E-state index contributed by atoms with van der Waals surface area (Å²) >= 11 is 0. The zero-order valence-corrected chi connectivity index (χ0v) is 7.28. The molecule has 0 amide bonds. The van der Waals surface area contributed by atoms with E-state index in [1.807, 2.05) is 7.05 Å². The molecule has 0 saturated heterocycles. The van der Waals surface area contributed by atoms with E-state index in [1.165, 1.54) is 0 Å². The second kappa shape index (κ2) is 4.69. The average molecular weight is 145 g/mol. The molecule has 0 aliphatic carbocycles. The molecule has 0 spiro atoms. The van der Waals surface area contributed by atoms with Gasteiger partial charge in [-0.15, -0.1) is 0 Å². The summed E-state index contributed by atoms with van der Waals surface area (Å²) in [6.45, 7) is 4.58. The van der Waals surface area contributed by atoms with Gasteiger partial charge in [-0.3, -0.25) is 0 Å². The lowest BCUT2D eigenvalue weighted by atomic mass is 9.90. The molecule has 0 aromatic carbocycles. The van der Waals surface area contributed by atoms with Gasteiger partial charge in [0, 0.05) is 12.1 Å². The van der Waals surface area contributed by atoms with Crippen LogP contribution in [-0.2, 0) is 0 Å². The molecule has 2 N–H and O–H groups in total. The largest absolute Gasteiger partial charge is 0.396 e. The summed E-state index contributed by atoms with van der Waals surface area (Å²) in [4.78, 5) is 0. The predicted octanol–water partition coefficient (Wildman–Crippen LogP) is 1.15. The van der Waals surface area contributed by atoms with Gasteiger partial charge < -0.3 is 10.4 Å². The highest BCUT2D eigenvalue weighted by molar-refractivity contribution is 4.82. The van der Waals surface area contributed by atoms with Crippen molar-refractivity contribution in [2.45, 2.75) is 38.6 Å². The molecule has 0 aliphatic heterocycles. The highest BCUT2D eigenvalue weighted by atomic mass is 16.3. The Morgan fingerprint density at radius 3 is 1.90 bits per heavy atom. The number of aliphatic hydroxyl groups is 1. The first-order valence-corrected chi connectivity index (χ1v) is 4.04. The molecule has 0 bridgehead atoms. The summed E-state index contributed by atoms with van der Waals surface area (Å²) in [7, 11) is 1.96. The molecule has 2 heteroatoms. The summed E-state index contributed by atoms with van der Waals surface area (Å²) < 4.78 is 0. The van der Waals surface area contributed by atoms with Crippen molar-refractivity contribution < 1.29 is 5.11 Å². The summed E-state index contributed by atoms with van der Waals surface area (Å²) in [6.07, 6.45) is 3.03. The molecule has 0 aromatic rings. The monoisotopic (exact) mass is 145 g/mol. The van der Waals surface area contributed by atoms with Crippen LogP contribution in [0.4, 0.5) is 0 Å². The van der Waals surface area contributed by atoms with Gasteiger partial charge in [0.05, 0.1) is 0 Å². The molecule has 0 unspecified atom stereocenters. The number of hydrogen-bond acceptors (Lipinski definition) is 2. The van der Waals surface area contributed by atoms with E-state index >= 15 is 0 Å². The quantitative estimate of drug-likeness (QED) is 0.608. The van der Waals surface area contributed by atoms with Crippen LogP contribution in [0.25, 0.3) is 0 Å². The van der Waals surface area contributed by atoms with E-state index in [1.54, 1.807) is 0 Å². The van der Waals surface area contributed by atoms with Crippen molar-refractivity contribution >= 4 is 0 Å². The number of aliphatic hydroxyl groups excluding tert-OH is 1. The van der Waals surface area contributed by atoms with Crippen molar-refractivity contribution in [3.05, 3.63) is 0 Å². The first-order chi connectivity index (χ1) is 4.74. The van der Waals surface area contributed by atoms with Gasteiger partial charge in [0.2, 0.25) is 0 Å². The molecule has 0 radical (unpaired) electrons. The number of hydrogen-bond donors (Lipinski definition) is 2. The molecule has 10 heavy (non-hydrogen) atoms. The maximum atomic E-state index is 8.76. The molecule has 0 atom stereocenters. The van der Waals surface area contributed by atoms with Crippen LogP contribution in [0.5, 0.6) is 0 Å². The van der Waals surface area contributed by atoms with E-state index in [0.717, 1.165) is 19.3 Å². The smallest absolute Gasteiger partial charge is 0.0448 e. The molecule has 0 fully saturated rings. The van der Waals surface area contributed by atoms with E-state index in [2.05, 4.69) is 19.2 Å². The third-order valence-corrected chi connectivity index (χ3v) is 2.47. The van der Waals surface area contributed by atoms with Gasteiger partial charge in [0.15, 0.2) is 0 Å². The molecule has 0 aliphatic rings. The minimum absolute atomic E-state index is 0.175. The molecule has 0 aromatic heterocycles. The van der Waals surface area contributed by atoms with Crippen molar-refractivity contribution in [3.8, 4) is 0 Å². The Labute approximate surface area is 63.6 Å². The fraction of sp³-hybridized carbons (Fsp3) is 1.00. The summed E-state index contributed by atoms with van der Waals surface area (Å²) in [5, 5.41) is 12.0. The van der Waals surface area contributed by atoms with Crippen molar-refractivity contribution in [2.75, 3.05) is 13.7 Å². The maximum Gasteiger partial charge on any atom is 0.0448 e. The van der Waals surface area contributed by atoms with Gasteiger partial charge in [-0.25, -0.2) is 0 Å². The van der Waals surface area contributed by atoms with Crippen molar-refractivity contribution in [3.63, 3.8) is 0 Å². The Balaban J connectivity index is 3.87. The van der Waals surface area contributed by atoms with Gasteiger partial charge in [0.1, 0.15) is 0 Å². The summed E-state index contributed by atoms with van der Waals surface area (Å²) in [5.74, 6) is 0. The molecule has 0 saturated carbocycles. The lowest BCUT2D eigenvalue weighted by Crippen LogP contribution is -2.42. The SMILES string of the molecule is CCC(CC)(CCO)NC. The zero-order chi connectivity index (χ0) is 8.04. The van der Waals surface area contributed by atoms with Crippen LogP contribution in [0.2, 0.25) is 0 Å². The lowest BCUT2D eigenvalue weighted by molar-refractivity contribution is 0.206. The Hall–Kier alpha value is -0.0800. The average Bonchev–Trinajstić information content (AvgIpc) is 2.01. The van der Waals surface area contributed by atoms with Crippen LogP contribution in [0.3, 0.4) is 0 Å². The first-order valence-electron chi connectivity index (χ1n) is 4.04. The van der Waals surface area contributed by atoms with E-state index in [-0.39, 0.29) is 12.1 Å². The normalized spacial score (nSPS) is 12.0. The molecule has 2 nitrogen and oxygen atoms in total. The Bertz CT molecular complexity index is 71.1. The predicted molar refractivity (Wildman–Crippen MR) is 44.1 cm³/mol. The van der Waals surface area contributed by atoms with Gasteiger partial charge in [-0.05, 0) is 26.3 Å². The standard InChI is InChI=1S/C8H19NO/c1-4-8(5-2,9-3)6-7-10/h9-10H,4-7H2,1-3H3. The summed E-state index contributed by atoms with van der Waals surface area (Å²) in [5.41, 5.74) is 0.175. The third-order valence-electron chi connectivity index (χ3n) is 2.47. The van der Waals surface area contributed by atoms with Crippen LogP contribution in [0.1, 0.15) is 33.1 Å². The maximum absolute atomic E-state index is 8.76. The third kappa shape index (κ3) is 2.27. The van der Waals surface area contributed by atoms with E-state index < -0.39 is 0 Å². The van der Waals surface area contributed by atoms with Gasteiger partial charge in [-0.2, -0.15) is 0 Å². The highest BCUT2D eigenvalue weighted by Gasteiger charge is 2.21.